The second-order valence-corrected chi connectivity index (χ2v) is 9.27. The molecule has 0 unspecified atom stereocenters. The number of anilines is 1. The van der Waals surface area contributed by atoms with E-state index in [1.807, 2.05) is 0 Å². The number of hydrogen-bond acceptors (Lipinski definition) is 7. The van der Waals surface area contributed by atoms with Crippen molar-refractivity contribution in [2.24, 2.45) is 0 Å². The summed E-state index contributed by atoms with van der Waals surface area (Å²) in [6, 6.07) is 9.51. The number of para-hydroxylation sites is 1. The molecule has 0 aliphatic heterocycles. The van der Waals surface area contributed by atoms with E-state index in [9.17, 15) is 18.0 Å². The number of rotatable bonds is 9. The number of aromatic nitrogens is 2. The Bertz CT molecular complexity index is 1300. The quantitative estimate of drug-likeness (QED) is 0.523. The lowest BCUT2D eigenvalue weighted by atomic mass is 10.2. The predicted octanol–water partition coefficient (Wildman–Crippen LogP) is 2.63. The summed E-state index contributed by atoms with van der Waals surface area (Å²) in [5.41, 5.74) is 0.482. The summed E-state index contributed by atoms with van der Waals surface area (Å²) in [5.74, 6) is 0.509. The van der Waals surface area contributed by atoms with Gasteiger partial charge in [0.2, 0.25) is 5.91 Å². The highest BCUT2D eigenvalue weighted by Crippen LogP contribution is 2.29. The molecule has 10 heteroatoms. The van der Waals surface area contributed by atoms with Crippen molar-refractivity contribution >= 4 is 32.3 Å². The molecule has 0 aliphatic carbocycles. The number of benzene rings is 2. The highest BCUT2D eigenvalue weighted by molar-refractivity contribution is 7.91. The van der Waals surface area contributed by atoms with Crippen LogP contribution in [0.2, 0.25) is 0 Å². The molecule has 0 atom stereocenters. The first kappa shape index (κ1) is 23.3. The summed E-state index contributed by atoms with van der Waals surface area (Å²) < 4.78 is 36.4. The lowest BCUT2D eigenvalue weighted by Crippen LogP contribution is -2.22. The van der Waals surface area contributed by atoms with Crippen molar-refractivity contribution in [2.75, 3.05) is 25.3 Å². The van der Waals surface area contributed by atoms with Gasteiger partial charge in [-0.25, -0.2) is 13.4 Å². The number of aryl methyl sites for hydroxylation is 1. The Balaban J connectivity index is 1.70. The van der Waals surface area contributed by atoms with Gasteiger partial charge in [0.1, 0.15) is 0 Å². The van der Waals surface area contributed by atoms with Crippen LogP contribution in [-0.4, -0.2) is 43.8 Å². The van der Waals surface area contributed by atoms with E-state index in [0.717, 1.165) is 0 Å². The molecule has 9 nitrogen and oxygen atoms in total. The number of carbonyl (C=O) groups excluding carboxylic acids is 1. The van der Waals surface area contributed by atoms with Crippen molar-refractivity contribution in [1.82, 2.24) is 9.55 Å². The Labute approximate surface area is 185 Å². The number of sulfone groups is 1. The fourth-order valence-corrected chi connectivity index (χ4v) is 4.32. The maximum Gasteiger partial charge on any atom is 0.261 e. The Morgan fingerprint density at radius 1 is 1.12 bits per heavy atom. The maximum atomic E-state index is 12.8. The summed E-state index contributed by atoms with van der Waals surface area (Å²) in [6.07, 6.45) is 1.91. The normalized spacial score (nSPS) is 11.3. The summed E-state index contributed by atoms with van der Waals surface area (Å²) in [5, 5.41) is 3.04. The molecule has 0 radical (unpaired) electrons. The van der Waals surface area contributed by atoms with Crippen molar-refractivity contribution in [1.29, 1.82) is 0 Å². The molecule has 0 fully saturated rings. The van der Waals surface area contributed by atoms with Gasteiger partial charge >= 0.3 is 0 Å². The fraction of sp³-hybridized carbons (Fsp3) is 0.318. The summed E-state index contributed by atoms with van der Waals surface area (Å²) in [7, 11) is -0.470. The molecule has 0 bridgehead atoms. The van der Waals surface area contributed by atoms with Crippen molar-refractivity contribution in [3.63, 3.8) is 0 Å². The topological polar surface area (TPSA) is 117 Å². The first-order valence-electron chi connectivity index (χ1n) is 10.0. The number of nitrogens with zero attached hydrogens (tertiary/aromatic N) is 2. The third-order valence-electron chi connectivity index (χ3n) is 5.01. The van der Waals surface area contributed by atoms with Crippen LogP contribution in [0.5, 0.6) is 11.5 Å². The van der Waals surface area contributed by atoms with E-state index in [4.69, 9.17) is 9.47 Å². The summed E-state index contributed by atoms with van der Waals surface area (Å²) >= 11 is 0. The van der Waals surface area contributed by atoms with Crippen LogP contribution in [0.4, 0.5) is 5.69 Å². The molecule has 0 saturated heterocycles. The third-order valence-corrected chi connectivity index (χ3v) is 6.79. The molecule has 1 N–H and O–H groups in total. The van der Waals surface area contributed by atoms with Gasteiger partial charge in [0.15, 0.2) is 21.3 Å². The van der Waals surface area contributed by atoms with Gasteiger partial charge in [-0.05, 0) is 24.6 Å². The van der Waals surface area contributed by atoms with Crippen molar-refractivity contribution < 1.29 is 22.7 Å². The lowest BCUT2D eigenvalue weighted by molar-refractivity contribution is -0.116. The Hall–Kier alpha value is -3.40. The molecule has 0 spiro atoms. The van der Waals surface area contributed by atoms with Crippen LogP contribution in [0, 0.1) is 0 Å². The first-order valence-corrected chi connectivity index (χ1v) is 11.7. The Morgan fingerprint density at radius 3 is 2.50 bits per heavy atom. The van der Waals surface area contributed by atoms with E-state index in [2.05, 4.69) is 10.3 Å². The van der Waals surface area contributed by atoms with E-state index in [1.54, 1.807) is 37.3 Å². The molecule has 0 aliphatic rings. The van der Waals surface area contributed by atoms with Gasteiger partial charge in [0.05, 0.1) is 47.8 Å². The van der Waals surface area contributed by atoms with Crippen LogP contribution in [0.25, 0.3) is 10.9 Å². The van der Waals surface area contributed by atoms with E-state index < -0.39 is 9.84 Å². The van der Waals surface area contributed by atoms with Gasteiger partial charge in [-0.1, -0.05) is 19.1 Å². The molecular weight excluding hydrogens is 434 g/mol. The van der Waals surface area contributed by atoms with Crippen LogP contribution >= 0.6 is 0 Å². The van der Waals surface area contributed by atoms with E-state index in [-0.39, 0.29) is 40.8 Å². The Morgan fingerprint density at radius 2 is 1.81 bits per heavy atom. The molecule has 170 valence electrons. The zero-order chi connectivity index (χ0) is 23.3. The number of ether oxygens (including phenoxy) is 2. The third kappa shape index (κ3) is 4.91. The van der Waals surface area contributed by atoms with Crippen molar-refractivity contribution in [3.8, 4) is 11.5 Å². The fourth-order valence-electron chi connectivity index (χ4n) is 3.26. The smallest absolute Gasteiger partial charge is 0.261 e. The van der Waals surface area contributed by atoms with Gasteiger partial charge in [-0.3, -0.25) is 14.2 Å². The summed E-state index contributed by atoms with van der Waals surface area (Å²) in [4.78, 5) is 29.6. The van der Waals surface area contributed by atoms with Gasteiger partial charge in [0, 0.05) is 19.0 Å². The number of methoxy groups -OCH3 is 2. The lowest BCUT2D eigenvalue weighted by Gasteiger charge is -2.12. The second-order valence-electron chi connectivity index (χ2n) is 7.02. The number of amides is 1. The first-order chi connectivity index (χ1) is 15.3. The SMILES string of the molecule is CCS(=O)(=O)c1ccccc1NC(=O)CCCn1cnc2cc(OC)c(OC)cc2c1=O. The predicted molar refractivity (Wildman–Crippen MR) is 121 cm³/mol. The van der Waals surface area contributed by atoms with Gasteiger partial charge < -0.3 is 14.8 Å². The van der Waals surface area contributed by atoms with Crippen molar-refractivity contribution in [2.45, 2.75) is 31.2 Å². The standard InChI is InChI=1S/C22H25N3O6S/c1-4-32(28,29)20-9-6-5-8-16(20)24-21(26)10-7-11-25-14-23-17-13-19(31-3)18(30-2)12-15(17)22(25)27/h5-6,8-9,12-14H,4,7,10-11H2,1-3H3,(H,24,26). The van der Waals surface area contributed by atoms with Crippen LogP contribution in [-0.2, 0) is 21.2 Å². The minimum absolute atomic E-state index is 0.0611. The van der Waals surface area contributed by atoms with Gasteiger partial charge in [0.25, 0.3) is 5.56 Å². The molecule has 0 saturated carbocycles. The molecule has 1 amide bonds. The minimum atomic E-state index is -3.46. The van der Waals surface area contributed by atoms with Crippen LogP contribution in [0.1, 0.15) is 19.8 Å². The van der Waals surface area contributed by atoms with Crippen molar-refractivity contribution in [3.05, 3.63) is 53.1 Å². The summed E-state index contributed by atoms with van der Waals surface area (Å²) in [6.45, 7) is 1.83. The van der Waals surface area contributed by atoms with E-state index in [0.29, 0.717) is 28.8 Å². The van der Waals surface area contributed by atoms with Gasteiger partial charge in [-0.2, -0.15) is 0 Å². The average Bonchev–Trinajstić information content (AvgIpc) is 2.80. The second kappa shape index (κ2) is 9.82. The molecule has 1 heterocycles. The number of nitrogens with one attached hydrogen (secondary N) is 1. The van der Waals surface area contributed by atoms with E-state index in [1.165, 1.54) is 31.2 Å². The maximum absolute atomic E-state index is 12.8. The molecular formula is C22H25N3O6S. The zero-order valence-electron chi connectivity index (χ0n) is 18.1. The number of carbonyl (C=O) groups is 1. The van der Waals surface area contributed by atoms with Gasteiger partial charge in [-0.15, -0.1) is 0 Å². The molecule has 2 aromatic carbocycles. The molecule has 32 heavy (non-hydrogen) atoms. The highest BCUT2D eigenvalue weighted by Gasteiger charge is 2.17. The Kier molecular flexibility index (Phi) is 7.14. The molecule has 3 aromatic rings. The number of fused-ring (bicyclic) bond motifs is 1. The zero-order valence-corrected chi connectivity index (χ0v) is 18.9. The average molecular weight is 460 g/mol. The monoisotopic (exact) mass is 459 g/mol. The van der Waals surface area contributed by atoms with Crippen LogP contribution in [0.3, 0.4) is 0 Å². The minimum Gasteiger partial charge on any atom is -0.493 e. The van der Waals surface area contributed by atoms with Crippen LogP contribution in [0.15, 0.2) is 52.4 Å². The number of hydrogen-bond donors (Lipinski definition) is 1. The highest BCUT2D eigenvalue weighted by atomic mass is 32.2. The van der Waals surface area contributed by atoms with Crippen LogP contribution < -0.4 is 20.3 Å². The molecule has 3 rings (SSSR count). The largest absolute Gasteiger partial charge is 0.493 e. The van der Waals surface area contributed by atoms with E-state index >= 15 is 0 Å². The molecule has 1 aromatic heterocycles.